The van der Waals surface area contributed by atoms with Crippen LogP contribution in [-0.4, -0.2) is 50.8 Å². The average Bonchev–Trinajstić information content (AvgIpc) is 3.20. The summed E-state index contributed by atoms with van der Waals surface area (Å²) in [5, 5.41) is 0. The number of hydrogen-bond acceptors (Lipinski definition) is 4. The van der Waals surface area contributed by atoms with Crippen LogP contribution in [0.3, 0.4) is 0 Å². The van der Waals surface area contributed by atoms with Crippen molar-refractivity contribution < 1.29 is 22.5 Å². The van der Waals surface area contributed by atoms with Crippen molar-refractivity contribution in [2.24, 2.45) is 5.73 Å². The van der Waals surface area contributed by atoms with Crippen LogP contribution in [0.2, 0.25) is 0 Å². The molecule has 0 spiro atoms. The minimum atomic E-state index is -5.14. The van der Waals surface area contributed by atoms with Crippen LogP contribution < -0.4 is 16.1 Å². The van der Waals surface area contributed by atoms with E-state index in [0.29, 0.717) is 37.4 Å². The Labute approximate surface area is 208 Å². The lowest BCUT2D eigenvalue weighted by Crippen LogP contribution is -2.49. The Morgan fingerprint density at radius 2 is 1.56 bits per heavy atom. The number of ether oxygens (including phenoxy) is 1. The van der Waals surface area contributed by atoms with Gasteiger partial charge in [0.25, 0.3) is 0 Å². The molecule has 0 aromatic heterocycles. The molecule has 188 valence electrons. The molecular weight excluding hydrogens is 466 g/mol. The molecule has 9 heteroatoms. The van der Waals surface area contributed by atoms with Crippen LogP contribution in [0.1, 0.15) is 28.2 Å². The van der Waals surface area contributed by atoms with Gasteiger partial charge in [-0.15, -0.1) is 5.46 Å². The number of nitrogens with zero attached hydrogens (tertiary/aromatic N) is 2. The van der Waals surface area contributed by atoms with Gasteiger partial charge in [0.05, 0.1) is 0 Å². The van der Waals surface area contributed by atoms with E-state index in [1.807, 2.05) is 29.2 Å². The maximum atomic E-state index is 13.6. The molecule has 1 aliphatic carbocycles. The second kappa shape index (κ2) is 9.54. The second-order valence-electron chi connectivity index (χ2n) is 9.38. The van der Waals surface area contributed by atoms with Gasteiger partial charge in [-0.2, -0.15) is 0 Å². The average molecular weight is 494 g/mol. The minimum absolute atomic E-state index is 0.0208. The lowest BCUT2D eigenvalue weighted by atomic mass is 9.75. The Balaban J connectivity index is 1.24. The van der Waals surface area contributed by atoms with Crippen LogP contribution in [0, 0.1) is 6.92 Å². The van der Waals surface area contributed by atoms with E-state index in [4.69, 9.17) is 10.5 Å². The molecule has 1 aliphatic heterocycles. The predicted octanol–water partition coefficient (Wildman–Crippen LogP) is 4.58. The van der Waals surface area contributed by atoms with Gasteiger partial charge in [0.2, 0.25) is 0 Å². The minimum Gasteiger partial charge on any atom is -0.448 e. The van der Waals surface area contributed by atoms with E-state index in [1.54, 1.807) is 11.0 Å². The van der Waals surface area contributed by atoms with Gasteiger partial charge in [0, 0.05) is 44.3 Å². The number of hydrogen-bond donors (Lipinski definition) is 1. The maximum absolute atomic E-state index is 13.6. The first-order valence-electron chi connectivity index (χ1n) is 12.2. The molecule has 5 rings (SSSR count). The van der Waals surface area contributed by atoms with Crippen molar-refractivity contribution in [3.63, 3.8) is 0 Å². The smallest absolute Gasteiger partial charge is 0.448 e. The van der Waals surface area contributed by atoms with Crippen LogP contribution in [0.15, 0.2) is 60.7 Å². The van der Waals surface area contributed by atoms with Gasteiger partial charge in [-0.25, -0.2) is 4.79 Å². The fourth-order valence-electron chi connectivity index (χ4n) is 5.35. The van der Waals surface area contributed by atoms with Crippen molar-refractivity contribution in [2.75, 3.05) is 37.7 Å². The molecule has 1 saturated heterocycles. The van der Waals surface area contributed by atoms with Crippen LogP contribution in [0.4, 0.5) is 23.4 Å². The summed E-state index contributed by atoms with van der Waals surface area (Å²) in [5.41, 5.74) is 10.9. The summed E-state index contributed by atoms with van der Waals surface area (Å²) in [4.78, 5) is 16.4. The Hall–Kier alpha value is -3.46. The summed E-state index contributed by atoms with van der Waals surface area (Å²) < 4.78 is 46.6. The molecule has 1 heterocycles. The zero-order valence-corrected chi connectivity index (χ0v) is 20.1. The number of carbonyl (C=O) groups is 1. The lowest BCUT2D eigenvalue weighted by Gasteiger charge is -2.36. The number of rotatable bonds is 5. The molecule has 5 nitrogen and oxygen atoms in total. The molecule has 0 bridgehead atoms. The van der Waals surface area contributed by atoms with Gasteiger partial charge in [-0.05, 0) is 40.8 Å². The van der Waals surface area contributed by atoms with Gasteiger partial charge in [0.15, 0.2) is 0 Å². The Morgan fingerprint density at radius 1 is 0.972 bits per heavy atom. The van der Waals surface area contributed by atoms with Gasteiger partial charge in [0.1, 0.15) is 6.61 Å². The molecule has 36 heavy (non-hydrogen) atoms. The van der Waals surface area contributed by atoms with Crippen molar-refractivity contribution in [1.82, 2.24) is 4.90 Å². The topological polar surface area (TPSA) is 58.8 Å². The highest BCUT2D eigenvalue weighted by molar-refractivity contribution is 6.74. The zero-order valence-electron chi connectivity index (χ0n) is 20.1. The number of benzene rings is 3. The van der Waals surface area contributed by atoms with Gasteiger partial charge in [-0.3, -0.25) is 0 Å². The number of piperazine rings is 1. The summed E-state index contributed by atoms with van der Waals surface area (Å²) in [5.74, 6) is -0.0208. The van der Waals surface area contributed by atoms with Crippen LogP contribution >= 0.6 is 0 Å². The van der Waals surface area contributed by atoms with E-state index in [2.05, 4.69) is 24.3 Å². The summed E-state index contributed by atoms with van der Waals surface area (Å²) in [6.07, 6.45) is -0.401. The van der Waals surface area contributed by atoms with Gasteiger partial charge in [-0.1, -0.05) is 60.2 Å². The number of halogens is 3. The third-order valence-corrected chi connectivity index (χ3v) is 7.35. The molecule has 0 radical (unpaired) electrons. The SMILES string of the molecule is Cc1c(CN)cc(N2CCN(C(=O)OCC3c4ccccc4-c4ccccc43)CC2)cc1[B-](F)(F)F. The van der Waals surface area contributed by atoms with Crippen LogP contribution in [-0.2, 0) is 11.3 Å². The van der Waals surface area contributed by atoms with Crippen molar-refractivity contribution >= 4 is 24.2 Å². The van der Waals surface area contributed by atoms with E-state index in [-0.39, 0.29) is 24.6 Å². The molecule has 0 saturated carbocycles. The molecule has 1 fully saturated rings. The maximum Gasteiger partial charge on any atom is 0.509 e. The first-order valence-corrected chi connectivity index (χ1v) is 12.2. The van der Waals surface area contributed by atoms with Crippen molar-refractivity contribution in [1.29, 1.82) is 0 Å². The fraction of sp³-hybridized carbons (Fsp3) is 0.296. The standard InChI is InChI=1S/C27H28BF3N3O2/c1-18-19(16-32)14-20(15-26(18)28(29,30)31)33-10-12-34(13-11-33)27(35)36-17-25-23-8-4-2-6-21(23)22-7-3-5-9-24(22)25/h2-9,14-15,25H,10-13,16-17,32H2,1H3/q-1. The summed E-state index contributed by atoms with van der Waals surface area (Å²) in [6, 6.07) is 19.2. The molecule has 0 atom stereocenters. The largest absolute Gasteiger partial charge is 0.509 e. The fourth-order valence-corrected chi connectivity index (χ4v) is 5.35. The highest BCUT2D eigenvalue weighted by Gasteiger charge is 2.32. The summed E-state index contributed by atoms with van der Waals surface area (Å²) in [7, 11) is 0. The normalized spacial score (nSPS) is 15.6. The molecular formula is C27H28BF3N3O2-. The number of nitrogens with two attached hydrogens (primary N) is 1. The van der Waals surface area contributed by atoms with Gasteiger partial charge < -0.3 is 33.2 Å². The Bertz CT molecular complexity index is 1240. The molecule has 2 aliphatic rings. The first-order chi connectivity index (χ1) is 17.3. The molecule has 1 amide bonds. The third kappa shape index (κ3) is 4.43. The van der Waals surface area contributed by atoms with Crippen LogP contribution in [0.25, 0.3) is 11.1 Å². The molecule has 2 N–H and O–H groups in total. The Morgan fingerprint density at radius 3 is 2.11 bits per heavy atom. The lowest BCUT2D eigenvalue weighted by molar-refractivity contribution is 0.0977. The van der Waals surface area contributed by atoms with E-state index < -0.39 is 18.5 Å². The number of fused-ring (bicyclic) bond motifs is 3. The monoisotopic (exact) mass is 494 g/mol. The Kier molecular flexibility index (Phi) is 6.43. The highest BCUT2D eigenvalue weighted by Crippen LogP contribution is 2.44. The molecule has 3 aromatic rings. The number of amides is 1. The van der Waals surface area contributed by atoms with E-state index >= 15 is 0 Å². The second-order valence-corrected chi connectivity index (χ2v) is 9.38. The highest BCUT2D eigenvalue weighted by atomic mass is 19.4. The quantitative estimate of drug-likeness (QED) is 0.528. The van der Waals surface area contributed by atoms with E-state index in [1.165, 1.54) is 13.0 Å². The zero-order chi connectivity index (χ0) is 25.4. The van der Waals surface area contributed by atoms with Crippen molar-refractivity contribution in [3.05, 3.63) is 82.9 Å². The van der Waals surface area contributed by atoms with Gasteiger partial charge >= 0.3 is 13.1 Å². The van der Waals surface area contributed by atoms with Crippen molar-refractivity contribution in [2.45, 2.75) is 19.4 Å². The summed E-state index contributed by atoms with van der Waals surface area (Å²) in [6.45, 7) is -1.83. The third-order valence-electron chi connectivity index (χ3n) is 7.35. The number of anilines is 1. The molecule has 3 aromatic carbocycles. The first kappa shape index (κ1) is 24.2. The summed E-state index contributed by atoms with van der Waals surface area (Å²) >= 11 is 0. The number of carbonyl (C=O) groups excluding carboxylic acids is 1. The van der Waals surface area contributed by atoms with Crippen LogP contribution in [0.5, 0.6) is 0 Å². The van der Waals surface area contributed by atoms with E-state index in [0.717, 1.165) is 22.3 Å². The van der Waals surface area contributed by atoms with Crippen molar-refractivity contribution in [3.8, 4) is 11.1 Å². The predicted molar refractivity (Wildman–Crippen MR) is 137 cm³/mol. The van der Waals surface area contributed by atoms with E-state index in [9.17, 15) is 17.7 Å². The molecule has 0 unspecified atom stereocenters.